The van der Waals surface area contributed by atoms with Crippen LogP contribution in [-0.4, -0.2) is 40.8 Å². The highest BCUT2D eigenvalue weighted by molar-refractivity contribution is 5.86. The summed E-state index contributed by atoms with van der Waals surface area (Å²) in [4.78, 5) is 39.2. The minimum absolute atomic E-state index is 0.0228. The van der Waals surface area contributed by atoms with Gasteiger partial charge in [-0.15, -0.1) is 0 Å². The molecule has 1 N–H and O–H groups in total. The van der Waals surface area contributed by atoms with E-state index in [2.05, 4.69) is 6.92 Å². The molecular formula is C23H37NO4. The smallest absolute Gasteiger partial charge is 0.303 e. The molecule has 0 unspecified atom stereocenters. The minimum Gasteiger partial charge on any atom is -0.481 e. The van der Waals surface area contributed by atoms with Crippen LogP contribution in [0.2, 0.25) is 0 Å². The standard InChI is InChI=1S/C23H37NO4/c1-5-24(6-2)21(28)18-9-8-16-15-7-10-19(25)23(4,14-12-20(26)27)17(15)11-13-22(16,18)3/h15-18H,5-14H2,1-4H3,(H,26,27)/t15-,16+,17+,18-,22-,23-/m0/s1. The van der Waals surface area contributed by atoms with Gasteiger partial charge in [-0.25, -0.2) is 0 Å². The van der Waals surface area contributed by atoms with Crippen molar-refractivity contribution in [2.45, 2.75) is 79.1 Å². The lowest BCUT2D eigenvalue weighted by Gasteiger charge is -2.55. The van der Waals surface area contributed by atoms with E-state index >= 15 is 0 Å². The molecule has 0 heterocycles. The summed E-state index contributed by atoms with van der Waals surface area (Å²) >= 11 is 0. The molecule has 0 radical (unpaired) electrons. The number of ketones is 1. The fraction of sp³-hybridized carbons (Fsp3) is 0.870. The number of nitrogens with zero attached hydrogens (tertiary/aromatic N) is 1. The second-order valence-corrected chi connectivity index (χ2v) is 9.83. The maximum absolute atomic E-state index is 13.2. The van der Waals surface area contributed by atoms with Crippen molar-refractivity contribution < 1.29 is 19.5 Å². The lowest BCUT2D eigenvalue weighted by Crippen LogP contribution is -2.53. The van der Waals surface area contributed by atoms with Gasteiger partial charge in [0.25, 0.3) is 0 Å². The molecule has 1 amide bonds. The lowest BCUT2D eigenvalue weighted by molar-refractivity contribution is -0.152. The van der Waals surface area contributed by atoms with Gasteiger partial charge in [-0.1, -0.05) is 13.8 Å². The summed E-state index contributed by atoms with van der Waals surface area (Å²) in [6, 6.07) is 0. The van der Waals surface area contributed by atoms with Crippen molar-refractivity contribution >= 4 is 17.7 Å². The second-order valence-electron chi connectivity index (χ2n) is 9.83. The summed E-state index contributed by atoms with van der Waals surface area (Å²) < 4.78 is 0. The van der Waals surface area contributed by atoms with Crippen LogP contribution in [0.3, 0.4) is 0 Å². The monoisotopic (exact) mass is 391 g/mol. The Labute approximate surface area is 169 Å². The third-order valence-electron chi connectivity index (χ3n) is 8.83. The van der Waals surface area contributed by atoms with Crippen LogP contribution in [0.5, 0.6) is 0 Å². The Hall–Kier alpha value is -1.39. The Morgan fingerprint density at radius 3 is 2.36 bits per heavy atom. The molecule has 0 spiro atoms. The van der Waals surface area contributed by atoms with Gasteiger partial charge in [0.05, 0.1) is 0 Å². The van der Waals surface area contributed by atoms with Gasteiger partial charge in [0, 0.05) is 37.3 Å². The largest absolute Gasteiger partial charge is 0.481 e. The predicted molar refractivity (Wildman–Crippen MR) is 108 cm³/mol. The molecular weight excluding hydrogens is 354 g/mol. The second kappa shape index (κ2) is 7.79. The quantitative estimate of drug-likeness (QED) is 0.738. The van der Waals surface area contributed by atoms with E-state index in [1.54, 1.807) is 0 Å². The normalized spacial score (nSPS) is 39.9. The third-order valence-corrected chi connectivity index (χ3v) is 8.83. The molecule has 3 rings (SSSR count). The molecule has 3 aliphatic carbocycles. The van der Waals surface area contributed by atoms with Gasteiger partial charge in [0.1, 0.15) is 5.78 Å². The average Bonchev–Trinajstić information content (AvgIpc) is 3.01. The summed E-state index contributed by atoms with van der Waals surface area (Å²) in [5.41, 5.74) is -0.488. The van der Waals surface area contributed by atoms with Gasteiger partial charge >= 0.3 is 5.97 Å². The fourth-order valence-corrected chi connectivity index (χ4v) is 7.12. The number of carboxylic acid groups (broad SMARTS) is 1. The summed E-state index contributed by atoms with van der Waals surface area (Å²) in [6.07, 6.45) is 5.95. The molecule has 5 nitrogen and oxygen atoms in total. The van der Waals surface area contributed by atoms with Crippen LogP contribution in [0.1, 0.15) is 79.1 Å². The first-order valence-corrected chi connectivity index (χ1v) is 11.2. The van der Waals surface area contributed by atoms with E-state index in [4.69, 9.17) is 0 Å². The summed E-state index contributed by atoms with van der Waals surface area (Å²) in [7, 11) is 0. The van der Waals surface area contributed by atoms with E-state index in [0.717, 1.165) is 45.2 Å². The zero-order valence-electron chi connectivity index (χ0n) is 18.0. The van der Waals surface area contributed by atoms with Crippen molar-refractivity contribution in [1.82, 2.24) is 4.90 Å². The van der Waals surface area contributed by atoms with E-state index in [9.17, 15) is 19.5 Å². The zero-order chi connectivity index (χ0) is 20.7. The number of carboxylic acids is 1. The number of aliphatic carboxylic acids is 1. The number of carbonyl (C=O) groups excluding carboxylic acids is 2. The highest BCUT2D eigenvalue weighted by atomic mass is 16.4. The van der Waals surface area contributed by atoms with Gasteiger partial charge in [0.2, 0.25) is 5.91 Å². The third kappa shape index (κ3) is 3.29. The van der Waals surface area contributed by atoms with Crippen molar-refractivity contribution in [3.8, 4) is 0 Å². The van der Waals surface area contributed by atoms with E-state index < -0.39 is 11.4 Å². The number of Topliss-reactive ketones (excluding diaryl/α,β-unsaturated/α-hetero) is 1. The molecule has 3 saturated carbocycles. The first-order valence-electron chi connectivity index (χ1n) is 11.2. The van der Waals surface area contributed by atoms with Gasteiger partial charge < -0.3 is 10.0 Å². The SMILES string of the molecule is CCN(CC)C(=O)[C@@H]1CC[C@@H]2[C@@H]3CCC(=O)[C@@](C)(CCC(=O)O)[C@@H]3CC[C@@]21C. The van der Waals surface area contributed by atoms with Crippen molar-refractivity contribution in [1.29, 1.82) is 0 Å². The van der Waals surface area contributed by atoms with Crippen molar-refractivity contribution in [2.24, 2.45) is 34.5 Å². The van der Waals surface area contributed by atoms with Gasteiger partial charge in [-0.05, 0) is 75.5 Å². The first-order chi connectivity index (χ1) is 13.2. The molecule has 158 valence electrons. The van der Waals surface area contributed by atoms with E-state index in [1.165, 1.54) is 0 Å². The highest BCUT2D eigenvalue weighted by Gasteiger charge is 2.60. The Balaban J connectivity index is 1.84. The van der Waals surface area contributed by atoms with E-state index in [0.29, 0.717) is 30.6 Å². The van der Waals surface area contributed by atoms with Crippen LogP contribution in [0.25, 0.3) is 0 Å². The summed E-state index contributed by atoms with van der Waals surface area (Å²) in [5.74, 6) is 1.05. The van der Waals surface area contributed by atoms with Crippen LogP contribution >= 0.6 is 0 Å². The molecule has 0 aromatic heterocycles. The molecule has 3 aliphatic rings. The van der Waals surface area contributed by atoms with E-state index in [1.807, 2.05) is 25.7 Å². The number of fused-ring (bicyclic) bond motifs is 3. The van der Waals surface area contributed by atoms with Crippen molar-refractivity contribution in [3.63, 3.8) is 0 Å². The first kappa shape index (κ1) is 21.3. The number of amides is 1. The summed E-state index contributed by atoms with van der Waals surface area (Å²) in [5, 5.41) is 9.17. The van der Waals surface area contributed by atoms with Crippen LogP contribution in [0, 0.1) is 34.5 Å². The molecule has 0 aromatic rings. The predicted octanol–water partition coefficient (Wildman–Crippen LogP) is 4.15. The number of hydrogen-bond acceptors (Lipinski definition) is 3. The Bertz CT molecular complexity index is 643. The van der Waals surface area contributed by atoms with Crippen molar-refractivity contribution in [3.05, 3.63) is 0 Å². The average molecular weight is 392 g/mol. The molecule has 0 saturated heterocycles. The highest BCUT2D eigenvalue weighted by Crippen LogP contribution is 2.64. The zero-order valence-corrected chi connectivity index (χ0v) is 18.0. The Morgan fingerprint density at radius 2 is 1.75 bits per heavy atom. The van der Waals surface area contributed by atoms with Crippen LogP contribution in [-0.2, 0) is 14.4 Å². The Morgan fingerprint density at radius 1 is 1.07 bits per heavy atom. The van der Waals surface area contributed by atoms with Gasteiger partial charge in [0.15, 0.2) is 0 Å². The molecule has 3 fully saturated rings. The van der Waals surface area contributed by atoms with E-state index in [-0.39, 0.29) is 29.5 Å². The molecule has 28 heavy (non-hydrogen) atoms. The van der Waals surface area contributed by atoms with Crippen LogP contribution in [0.4, 0.5) is 0 Å². The molecule has 6 atom stereocenters. The maximum atomic E-state index is 13.2. The topological polar surface area (TPSA) is 74.7 Å². The molecule has 0 aliphatic heterocycles. The molecule has 0 bridgehead atoms. The number of carbonyl (C=O) groups is 3. The minimum atomic E-state index is -0.817. The van der Waals surface area contributed by atoms with Gasteiger partial charge in [-0.2, -0.15) is 0 Å². The summed E-state index contributed by atoms with van der Waals surface area (Å²) in [6.45, 7) is 9.96. The Kier molecular flexibility index (Phi) is 5.94. The fourth-order valence-electron chi connectivity index (χ4n) is 7.12. The van der Waals surface area contributed by atoms with Crippen molar-refractivity contribution in [2.75, 3.05) is 13.1 Å². The van der Waals surface area contributed by atoms with Crippen LogP contribution in [0.15, 0.2) is 0 Å². The molecule has 0 aromatic carbocycles. The van der Waals surface area contributed by atoms with Gasteiger partial charge in [-0.3, -0.25) is 14.4 Å². The maximum Gasteiger partial charge on any atom is 0.303 e. The molecule has 5 heteroatoms. The lowest BCUT2D eigenvalue weighted by atomic mass is 9.48. The number of rotatable bonds is 6. The number of hydrogen-bond donors (Lipinski definition) is 1. The van der Waals surface area contributed by atoms with Crippen LogP contribution < -0.4 is 0 Å².